The minimum atomic E-state index is -0.318. The van der Waals surface area contributed by atoms with Crippen molar-refractivity contribution in [2.24, 2.45) is 5.92 Å². The maximum absolute atomic E-state index is 12.3. The molecule has 0 bridgehead atoms. The van der Waals surface area contributed by atoms with Gasteiger partial charge in [-0.05, 0) is 18.4 Å². The van der Waals surface area contributed by atoms with Crippen molar-refractivity contribution in [1.29, 1.82) is 0 Å². The highest BCUT2D eigenvalue weighted by molar-refractivity contribution is 7.20. The Morgan fingerprint density at radius 3 is 2.88 bits per heavy atom. The summed E-state index contributed by atoms with van der Waals surface area (Å²) in [6, 6.07) is 0. The first-order valence-electron chi connectivity index (χ1n) is 7.88. The Kier molecular flexibility index (Phi) is 6.89. The number of anilines is 1. The Hall–Kier alpha value is -1.77. The first kappa shape index (κ1) is 18.6. The summed E-state index contributed by atoms with van der Waals surface area (Å²) in [5.74, 6) is 0.644. The van der Waals surface area contributed by atoms with Gasteiger partial charge in [0.05, 0.1) is 31.8 Å². The van der Waals surface area contributed by atoms with Crippen molar-refractivity contribution < 1.29 is 19.4 Å². The van der Waals surface area contributed by atoms with E-state index in [9.17, 15) is 4.79 Å². The van der Waals surface area contributed by atoms with Crippen molar-refractivity contribution >= 4 is 33.3 Å². The molecule has 0 unspecified atom stereocenters. The number of carbonyl (C=O) groups is 1. The molecule has 0 aliphatic rings. The van der Waals surface area contributed by atoms with E-state index in [0.717, 1.165) is 15.8 Å². The van der Waals surface area contributed by atoms with E-state index >= 15 is 0 Å². The average Bonchev–Trinajstić information content (AvgIpc) is 2.90. The summed E-state index contributed by atoms with van der Waals surface area (Å²) in [6.45, 7) is 7.59. The lowest BCUT2D eigenvalue weighted by Crippen LogP contribution is -2.12. The minimum Gasteiger partial charge on any atom is -0.461 e. The van der Waals surface area contributed by atoms with Gasteiger partial charge in [0.15, 0.2) is 0 Å². The predicted octanol–water partition coefficient (Wildman–Crippen LogP) is 2.23. The number of aliphatic hydroxyl groups excluding tert-OH is 1. The second kappa shape index (κ2) is 8.91. The molecule has 0 fully saturated rings. The van der Waals surface area contributed by atoms with Gasteiger partial charge >= 0.3 is 5.97 Å². The molecule has 2 rings (SSSR count). The molecule has 0 aliphatic heterocycles. The van der Waals surface area contributed by atoms with Gasteiger partial charge in [-0.3, -0.25) is 0 Å². The molecule has 2 aromatic heterocycles. The third-order valence-corrected chi connectivity index (χ3v) is 4.41. The Morgan fingerprint density at radius 2 is 2.17 bits per heavy atom. The van der Waals surface area contributed by atoms with Crippen LogP contribution in [0, 0.1) is 12.8 Å². The monoisotopic (exact) mass is 353 g/mol. The zero-order chi connectivity index (χ0) is 17.5. The van der Waals surface area contributed by atoms with E-state index in [1.165, 1.54) is 17.7 Å². The quantitative estimate of drug-likeness (QED) is 0.527. The molecule has 0 atom stereocenters. The summed E-state index contributed by atoms with van der Waals surface area (Å²) in [6.07, 6.45) is 1.47. The summed E-state index contributed by atoms with van der Waals surface area (Å²) < 4.78 is 10.5. The van der Waals surface area contributed by atoms with Crippen molar-refractivity contribution in [1.82, 2.24) is 9.97 Å². The number of hydrogen-bond donors (Lipinski definition) is 2. The Labute approximate surface area is 145 Å². The molecule has 2 aromatic rings. The van der Waals surface area contributed by atoms with E-state index in [0.29, 0.717) is 43.0 Å². The fraction of sp³-hybridized carbons (Fsp3) is 0.562. The van der Waals surface area contributed by atoms with Crippen molar-refractivity contribution in [3.8, 4) is 0 Å². The van der Waals surface area contributed by atoms with Crippen molar-refractivity contribution in [2.45, 2.75) is 20.8 Å². The summed E-state index contributed by atoms with van der Waals surface area (Å²) in [7, 11) is 0. The number of ether oxygens (including phenoxy) is 2. The third kappa shape index (κ3) is 4.62. The first-order chi connectivity index (χ1) is 11.5. The lowest BCUT2D eigenvalue weighted by molar-refractivity contribution is 0.0464. The van der Waals surface area contributed by atoms with Gasteiger partial charge in [-0.2, -0.15) is 0 Å². The Morgan fingerprint density at radius 1 is 1.38 bits per heavy atom. The van der Waals surface area contributed by atoms with E-state index in [-0.39, 0.29) is 12.6 Å². The number of hydrogen-bond acceptors (Lipinski definition) is 8. The minimum absolute atomic E-state index is 0.00321. The van der Waals surface area contributed by atoms with Crippen LogP contribution in [0.25, 0.3) is 10.2 Å². The third-order valence-electron chi connectivity index (χ3n) is 3.23. The summed E-state index contributed by atoms with van der Waals surface area (Å²) >= 11 is 1.32. The summed E-state index contributed by atoms with van der Waals surface area (Å²) in [4.78, 5) is 22.1. The SMILES string of the molecule is Cc1c(C(=O)OCC(C)C)sc2ncnc(NCCOCCO)c12. The highest BCUT2D eigenvalue weighted by Crippen LogP contribution is 2.33. The molecule has 2 heterocycles. The van der Waals surface area contributed by atoms with Gasteiger partial charge in [0.25, 0.3) is 0 Å². The fourth-order valence-electron chi connectivity index (χ4n) is 2.12. The molecule has 7 nitrogen and oxygen atoms in total. The molecule has 0 radical (unpaired) electrons. The highest BCUT2D eigenvalue weighted by atomic mass is 32.1. The van der Waals surface area contributed by atoms with Gasteiger partial charge in [-0.1, -0.05) is 13.8 Å². The molecule has 0 aromatic carbocycles. The van der Waals surface area contributed by atoms with Crippen LogP contribution in [0.15, 0.2) is 6.33 Å². The molecule has 0 spiro atoms. The van der Waals surface area contributed by atoms with Crippen molar-refractivity contribution in [3.63, 3.8) is 0 Å². The number of thiophene rings is 1. The number of fused-ring (bicyclic) bond motifs is 1. The van der Waals surface area contributed by atoms with Crippen molar-refractivity contribution in [2.75, 3.05) is 38.3 Å². The lowest BCUT2D eigenvalue weighted by atomic mass is 10.2. The van der Waals surface area contributed by atoms with Gasteiger partial charge in [-0.25, -0.2) is 14.8 Å². The Bertz CT molecular complexity index is 687. The number of nitrogens with zero attached hydrogens (tertiary/aromatic N) is 2. The molecule has 24 heavy (non-hydrogen) atoms. The smallest absolute Gasteiger partial charge is 0.348 e. The van der Waals surface area contributed by atoms with Crippen LogP contribution in [0.1, 0.15) is 29.1 Å². The molecule has 8 heteroatoms. The van der Waals surface area contributed by atoms with E-state index in [1.807, 2.05) is 20.8 Å². The number of carbonyl (C=O) groups excluding carboxylic acids is 1. The number of aromatic nitrogens is 2. The second-order valence-electron chi connectivity index (χ2n) is 5.71. The lowest BCUT2D eigenvalue weighted by Gasteiger charge is -2.08. The van der Waals surface area contributed by atoms with Gasteiger partial charge in [0, 0.05) is 6.54 Å². The maximum Gasteiger partial charge on any atom is 0.348 e. The topological polar surface area (TPSA) is 93.6 Å². The number of rotatable bonds is 9. The standard InChI is InChI=1S/C16H23N3O4S/c1-10(2)8-23-16(21)13-11(3)12-14(17-4-6-22-7-5-20)18-9-19-15(12)24-13/h9-10,20H,4-8H2,1-3H3,(H,17,18,19). The number of nitrogens with one attached hydrogen (secondary N) is 1. The van der Waals surface area contributed by atoms with Crippen molar-refractivity contribution in [3.05, 3.63) is 16.8 Å². The molecule has 0 aliphatic carbocycles. The summed E-state index contributed by atoms with van der Waals surface area (Å²) in [5, 5.41) is 12.7. The van der Waals surface area contributed by atoms with Crippen LogP contribution < -0.4 is 5.32 Å². The van der Waals surface area contributed by atoms with Crippen LogP contribution in [-0.2, 0) is 9.47 Å². The second-order valence-corrected chi connectivity index (χ2v) is 6.71. The number of esters is 1. The zero-order valence-electron chi connectivity index (χ0n) is 14.2. The van der Waals surface area contributed by atoms with Crippen LogP contribution in [0.5, 0.6) is 0 Å². The molecule has 0 saturated heterocycles. The summed E-state index contributed by atoms with van der Waals surface area (Å²) in [5.41, 5.74) is 0.822. The maximum atomic E-state index is 12.3. The largest absolute Gasteiger partial charge is 0.461 e. The highest BCUT2D eigenvalue weighted by Gasteiger charge is 2.20. The predicted molar refractivity (Wildman–Crippen MR) is 93.7 cm³/mol. The van der Waals surface area contributed by atoms with E-state index in [4.69, 9.17) is 14.6 Å². The first-order valence-corrected chi connectivity index (χ1v) is 8.70. The molecular weight excluding hydrogens is 330 g/mol. The van der Waals surface area contributed by atoms with Gasteiger partial charge in [0.1, 0.15) is 21.9 Å². The van der Waals surface area contributed by atoms with Crippen LogP contribution >= 0.6 is 11.3 Å². The van der Waals surface area contributed by atoms with Crippen LogP contribution in [0.3, 0.4) is 0 Å². The fourth-order valence-corrected chi connectivity index (χ4v) is 3.16. The molecule has 2 N–H and O–H groups in total. The average molecular weight is 353 g/mol. The number of aryl methyl sites for hydroxylation is 1. The van der Waals surface area contributed by atoms with E-state index < -0.39 is 0 Å². The zero-order valence-corrected chi connectivity index (χ0v) is 15.0. The van der Waals surface area contributed by atoms with Gasteiger partial charge < -0.3 is 19.9 Å². The number of aliphatic hydroxyl groups is 1. The van der Waals surface area contributed by atoms with Crippen LogP contribution in [0.4, 0.5) is 5.82 Å². The van der Waals surface area contributed by atoms with Gasteiger partial charge in [-0.15, -0.1) is 11.3 Å². The van der Waals surface area contributed by atoms with Crippen LogP contribution in [0.2, 0.25) is 0 Å². The molecular formula is C16H23N3O4S. The molecule has 0 amide bonds. The normalized spacial score (nSPS) is 11.2. The van der Waals surface area contributed by atoms with Crippen LogP contribution in [-0.4, -0.2) is 54.0 Å². The molecule has 0 saturated carbocycles. The Balaban J connectivity index is 2.15. The van der Waals surface area contributed by atoms with E-state index in [1.54, 1.807) is 0 Å². The van der Waals surface area contributed by atoms with E-state index in [2.05, 4.69) is 15.3 Å². The van der Waals surface area contributed by atoms with Gasteiger partial charge in [0.2, 0.25) is 0 Å². The molecule has 132 valence electrons.